The van der Waals surface area contributed by atoms with E-state index in [0.29, 0.717) is 0 Å². The van der Waals surface area contributed by atoms with Crippen molar-refractivity contribution in [2.45, 2.75) is 19.3 Å². The summed E-state index contributed by atoms with van der Waals surface area (Å²) in [5.74, 6) is -0.297. The van der Waals surface area contributed by atoms with Gasteiger partial charge in [-0.25, -0.2) is 4.79 Å². The summed E-state index contributed by atoms with van der Waals surface area (Å²) in [7, 11) is 0. The van der Waals surface area contributed by atoms with Crippen molar-refractivity contribution in [1.29, 1.82) is 0 Å². The Balaban J connectivity index is 2.17. The van der Waals surface area contributed by atoms with Crippen molar-refractivity contribution < 1.29 is 14.3 Å². The third-order valence-electron chi connectivity index (χ3n) is 1.95. The highest BCUT2D eigenvalue weighted by atomic mass is 16.7. The van der Waals surface area contributed by atoms with Crippen LogP contribution in [0, 0.1) is 0 Å². The van der Waals surface area contributed by atoms with E-state index in [1.165, 1.54) is 0 Å². The first kappa shape index (κ1) is 8.26. The van der Waals surface area contributed by atoms with Gasteiger partial charge < -0.3 is 9.47 Å². The average molecular weight is 178 g/mol. The molecule has 1 aliphatic heterocycles. The normalized spacial score (nSPS) is 27.3. The summed E-state index contributed by atoms with van der Waals surface area (Å²) in [5, 5.41) is 0. The SMILES string of the molecule is CC1OC(c2ccccc2)OC1=O. The van der Waals surface area contributed by atoms with E-state index in [1.54, 1.807) is 6.92 Å². The molecule has 0 saturated carbocycles. The van der Waals surface area contributed by atoms with Gasteiger partial charge in [-0.1, -0.05) is 30.3 Å². The van der Waals surface area contributed by atoms with Gasteiger partial charge in [-0.05, 0) is 6.92 Å². The maximum absolute atomic E-state index is 11.0. The summed E-state index contributed by atoms with van der Waals surface area (Å²) in [4.78, 5) is 11.0. The van der Waals surface area contributed by atoms with Gasteiger partial charge in [0.05, 0.1) is 0 Å². The molecule has 0 radical (unpaired) electrons. The third-order valence-corrected chi connectivity index (χ3v) is 1.95. The van der Waals surface area contributed by atoms with Crippen LogP contribution in [0.2, 0.25) is 0 Å². The molecule has 13 heavy (non-hydrogen) atoms. The van der Waals surface area contributed by atoms with Crippen molar-refractivity contribution >= 4 is 5.97 Å². The second-order valence-electron chi connectivity index (χ2n) is 2.96. The van der Waals surface area contributed by atoms with Crippen LogP contribution < -0.4 is 0 Å². The van der Waals surface area contributed by atoms with E-state index >= 15 is 0 Å². The minimum absolute atomic E-state index is 0.297. The second kappa shape index (κ2) is 3.18. The minimum atomic E-state index is -0.524. The van der Waals surface area contributed by atoms with Crippen LogP contribution >= 0.6 is 0 Å². The Kier molecular flexibility index (Phi) is 2.02. The molecule has 1 heterocycles. The van der Waals surface area contributed by atoms with Crippen LogP contribution in [0.3, 0.4) is 0 Å². The topological polar surface area (TPSA) is 35.5 Å². The van der Waals surface area contributed by atoms with Crippen molar-refractivity contribution in [3.05, 3.63) is 35.9 Å². The summed E-state index contributed by atoms with van der Waals surface area (Å²) in [6.07, 6.45) is -0.978. The van der Waals surface area contributed by atoms with E-state index < -0.39 is 12.4 Å². The summed E-state index contributed by atoms with van der Waals surface area (Å²) < 4.78 is 10.3. The fourth-order valence-corrected chi connectivity index (χ4v) is 1.23. The van der Waals surface area contributed by atoms with E-state index in [2.05, 4.69) is 0 Å². The van der Waals surface area contributed by atoms with Gasteiger partial charge in [0.25, 0.3) is 0 Å². The van der Waals surface area contributed by atoms with Crippen LogP contribution in [-0.2, 0) is 14.3 Å². The molecule has 3 heteroatoms. The highest BCUT2D eigenvalue weighted by Crippen LogP contribution is 2.26. The number of esters is 1. The molecule has 2 rings (SSSR count). The molecule has 0 amide bonds. The molecule has 1 aromatic carbocycles. The smallest absolute Gasteiger partial charge is 0.337 e. The zero-order chi connectivity index (χ0) is 9.26. The Labute approximate surface area is 76.3 Å². The molecule has 0 N–H and O–H groups in total. The van der Waals surface area contributed by atoms with Crippen LogP contribution in [0.15, 0.2) is 30.3 Å². The number of hydrogen-bond acceptors (Lipinski definition) is 3. The van der Waals surface area contributed by atoms with Crippen LogP contribution in [0.1, 0.15) is 18.8 Å². The van der Waals surface area contributed by atoms with Crippen LogP contribution in [-0.4, -0.2) is 12.1 Å². The van der Waals surface area contributed by atoms with Gasteiger partial charge in [-0.15, -0.1) is 0 Å². The molecule has 3 nitrogen and oxygen atoms in total. The lowest BCUT2D eigenvalue weighted by atomic mass is 10.2. The van der Waals surface area contributed by atoms with E-state index in [0.717, 1.165) is 5.56 Å². The predicted octanol–water partition coefficient (Wildman–Crippen LogP) is 1.65. The lowest BCUT2D eigenvalue weighted by Crippen LogP contribution is -2.09. The Hall–Kier alpha value is -1.35. The minimum Gasteiger partial charge on any atom is -0.429 e. The van der Waals surface area contributed by atoms with Gasteiger partial charge in [0.2, 0.25) is 6.29 Å². The second-order valence-corrected chi connectivity index (χ2v) is 2.96. The van der Waals surface area contributed by atoms with E-state index in [9.17, 15) is 4.79 Å². The Morgan fingerprint density at radius 2 is 1.92 bits per heavy atom. The molecule has 1 fully saturated rings. The lowest BCUT2D eigenvalue weighted by molar-refractivity contribution is -0.144. The van der Waals surface area contributed by atoms with E-state index in [1.807, 2.05) is 30.3 Å². The molecule has 0 aromatic heterocycles. The average Bonchev–Trinajstić information content (AvgIpc) is 2.49. The number of hydrogen-bond donors (Lipinski definition) is 0. The Morgan fingerprint density at radius 3 is 2.46 bits per heavy atom. The van der Waals surface area contributed by atoms with Crippen LogP contribution in [0.25, 0.3) is 0 Å². The molecule has 0 bridgehead atoms. The van der Waals surface area contributed by atoms with Crippen LogP contribution in [0.5, 0.6) is 0 Å². The number of benzene rings is 1. The molecule has 1 saturated heterocycles. The fourth-order valence-electron chi connectivity index (χ4n) is 1.23. The summed E-state index contributed by atoms with van der Waals surface area (Å²) in [5.41, 5.74) is 0.875. The molecule has 1 aromatic rings. The molecule has 68 valence electrons. The first-order valence-electron chi connectivity index (χ1n) is 4.18. The standard InChI is InChI=1S/C10H10O3/c1-7-9(11)13-10(12-7)8-5-3-2-4-6-8/h2-7,10H,1H3. The molecule has 0 spiro atoms. The number of cyclic esters (lactones) is 1. The van der Waals surface area contributed by atoms with Crippen molar-refractivity contribution in [2.75, 3.05) is 0 Å². The van der Waals surface area contributed by atoms with Crippen molar-refractivity contribution in [2.24, 2.45) is 0 Å². The summed E-state index contributed by atoms with van der Waals surface area (Å²) >= 11 is 0. The Morgan fingerprint density at radius 1 is 1.23 bits per heavy atom. The first-order valence-corrected chi connectivity index (χ1v) is 4.18. The third kappa shape index (κ3) is 1.55. The van der Waals surface area contributed by atoms with Crippen molar-refractivity contribution in [1.82, 2.24) is 0 Å². The highest BCUT2D eigenvalue weighted by molar-refractivity contribution is 5.75. The first-order chi connectivity index (χ1) is 6.27. The maximum Gasteiger partial charge on any atom is 0.337 e. The molecular weight excluding hydrogens is 168 g/mol. The molecule has 0 aliphatic carbocycles. The number of carbonyl (C=O) groups excluding carboxylic acids is 1. The quantitative estimate of drug-likeness (QED) is 0.613. The van der Waals surface area contributed by atoms with Gasteiger partial charge >= 0.3 is 5.97 Å². The number of rotatable bonds is 1. The van der Waals surface area contributed by atoms with Crippen molar-refractivity contribution in [3.63, 3.8) is 0 Å². The Bertz CT molecular complexity index is 307. The van der Waals surface area contributed by atoms with E-state index in [4.69, 9.17) is 9.47 Å². The summed E-state index contributed by atoms with van der Waals surface area (Å²) in [6.45, 7) is 1.69. The van der Waals surface area contributed by atoms with Gasteiger partial charge in [0.1, 0.15) is 0 Å². The maximum atomic E-state index is 11.0. The fraction of sp³-hybridized carbons (Fsp3) is 0.300. The summed E-state index contributed by atoms with van der Waals surface area (Å²) in [6, 6.07) is 9.42. The van der Waals surface area contributed by atoms with Crippen LogP contribution in [0.4, 0.5) is 0 Å². The zero-order valence-electron chi connectivity index (χ0n) is 7.27. The van der Waals surface area contributed by atoms with Gasteiger partial charge in [0.15, 0.2) is 6.10 Å². The molecule has 1 aliphatic rings. The number of ether oxygens (including phenoxy) is 2. The largest absolute Gasteiger partial charge is 0.429 e. The molecule has 2 atom stereocenters. The monoisotopic (exact) mass is 178 g/mol. The molecule has 2 unspecified atom stereocenters. The van der Waals surface area contributed by atoms with Crippen molar-refractivity contribution in [3.8, 4) is 0 Å². The lowest BCUT2D eigenvalue weighted by Gasteiger charge is -2.07. The van der Waals surface area contributed by atoms with Gasteiger partial charge in [-0.3, -0.25) is 0 Å². The van der Waals surface area contributed by atoms with E-state index in [-0.39, 0.29) is 5.97 Å². The highest BCUT2D eigenvalue weighted by Gasteiger charge is 2.32. The predicted molar refractivity (Wildman–Crippen MR) is 45.8 cm³/mol. The van der Waals surface area contributed by atoms with Gasteiger partial charge in [0, 0.05) is 5.56 Å². The van der Waals surface area contributed by atoms with Gasteiger partial charge in [-0.2, -0.15) is 0 Å². The number of carbonyl (C=O) groups is 1. The zero-order valence-corrected chi connectivity index (χ0v) is 7.27. The molecular formula is C10H10O3.